The molecule has 7 nitrogen and oxygen atoms in total. The van der Waals surface area contributed by atoms with E-state index in [1.807, 2.05) is 36.4 Å². The molecular weight excluding hydrogens is 490 g/mol. The molecule has 1 aliphatic rings. The van der Waals surface area contributed by atoms with Gasteiger partial charge in [0.1, 0.15) is 11.3 Å². The van der Waals surface area contributed by atoms with Crippen LogP contribution in [-0.2, 0) is 0 Å². The van der Waals surface area contributed by atoms with Crippen LogP contribution in [0, 0.1) is 11.3 Å². The highest BCUT2D eigenvalue weighted by Gasteiger charge is 2.37. The lowest BCUT2D eigenvalue weighted by atomic mass is 9.82. The van der Waals surface area contributed by atoms with E-state index in [-0.39, 0.29) is 23.7 Å². The van der Waals surface area contributed by atoms with Gasteiger partial charge in [0.05, 0.1) is 34.9 Å². The smallest absolute Gasteiger partial charge is 0.344 e. The molecule has 6 rings (SSSR count). The summed E-state index contributed by atoms with van der Waals surface area (Å²) in [7, 11) is 0. The Morgan fingerprint density at radius 3 is 2.62 bits per heavy atom. The summed E-state index contributed by atoms with van der Waals surface area (Å²) >= 11 is 6.06. The van der Waals surface area contributed by atoms with E-state index >= 15 is 0 Å². The molecular formula is C29H18ClN3O4. The fourth-order valence-corrected chi connectivity index (χ4v) is 4.75. The largest absolute Gasteiger partial charge is 0.440 e. The first-order chi connectivity index (χ1) is 18.0. The molecule has 3 heterocycles. The van der Waals surface area contributed by atoms with Gasteiger partial charge in [-0.1, -0.05) is 41.9 Å². The molecule has 37 heavy (non-hydrogen) atoms. The van der Waals surface area contributed by atoms with Crippen molar-refractivity contribution in [1.29, 1.82) is 5.26 Å². The van der Waals surface area contributed by atoms with E-state index in [9.17, 15) is 10.1 Å². The molecule has 180 valence electrons. The predicted molar refractivity (Wildman–Crippen MR) is 140 cm³/mol. The van der Waals surface area contributed by atoms with Gasteiger partial charge in [0.15, 0.2) is 11.6 Å². The maximum Gasteiger partial charge on any atom is 0.344 e. The molecule has 0 bridgehead atoms. The molecule has 0 amide bonds. The SMILES string of the molecule is N#CCC1=C(N)Oc2c(c(=O)oc3ccccc23)C1c1cc2ccccc2nc1Oc1ccc(Cl)cc1. The van der Waals surface area contributed by atoms with Gasteiger partial charge in [-0.2, -0.15) is 5.26 Å². The van der Waals surface area contributed by atoms with Gasteiger partial charge in [-0.05, 0) is 48.5 Å². The Morgan fingerprint density at radius 2 is 1.81 bits per heavy atom. The number of pyridine rings is 1. The van der Waals surface area contributed by atoms with Crippen molar-refractivity contribution < 1.29 is 13.9 Å². The minimum atomic E-state index is -0.788. The lowest BCUT2D eigenvalue weighted by Gasteiger charge is -2.29. The van der Waals surface area contributed by atoms with Gasteiger partial charge in [0.2, 0.25) is 5.88 Å². The van der Waals surface area contributed by atoms with Gasteiger partial charge < -0.3 is 19.6 Å². The molecule has 0 spiro atoms. The monoisotopic (exact) mass is 507 g/mol. The van der Waals surface area contributed by atoms with Crippen LogP contribution in [0.15, 0.2) is 99.5 Å². The number of ether oxygens (including phenoxy) is 2. The van der Waals surface area contributed by atoms with Crippen LogP contribution in [0.5, 0.6) is 17.4 Å². The average Bonchev–Trinajstić information content (AvgIpc) is 2.90. The number of benzene rings is 3. The van der Waals surface area contributed by atoms with Crippen molar-refractivity contribution in [2.75, 3.05) is 0 Å². The summed E-state index contributed by atoms with van der Waals surface area (Å²) in [6.07, 6.45) is -0.0740. The first-order valence-corrected chi connectivity index (χ1v) is 11.8. The second-order valence-electron chi connectivity index (χ2n) is 8.52. The van der Waals surface area contributed by atoms with E-state index in [0.29, 0.717) is 44.1 Å². The van der Waals surface area contributed by atoms with E-state index < -0.39 is 11.5 Å². The maximum absolute atomic E-state index is 13.4. The van der Waals surface area contributed by atoms with E-state index in [1.54, 1.807) is 42.5 Å². The standard InChI is InChI=1S/C29H18ClN3O4/c30-17-9-11-18(12-10-17)35-28-21(15-16-5-1-3-7-22(16)33-28)24-20(13-14-31)27(32)37-26-19-6-2-4-8-23(19)36-29(34)25(24)26/h1-12,15,24H,13,32H2. The quantitative estimate of drug-likeness (QED) is 0.280. The number of rotatable bonds is 4. The van der Waals surface area contributed by atoms with Gasteiger partial charge in [-0.15, -0.1) is 0 Å². The third-order valence-corrected chi connectivity index (χ3v) is 6.54. The number of nitrogens with zero attached hydrogens (tertiary/aromatic N) is 2. The molecule has 1 aliphatic heterocycles. The predicted octanol–water partition coefficient (Wildman–Crippen LogP) is 6.40. The van der Waals surface area contributed by atoms with Crippen LogP contribution in [0.1, 0.15) is 23.5 Å². The van der Waals surface area contributed by atoms with E-state index in [0.717, 1.165) is 5.39 Å². The van der Waals surface area contributed by atoms with Crippen LogP contribution in [0.2, 0.25) is 5.02 Å². The Bertz CT molecular complexity index is 1820. The van der Waals surface area contributed by atoms with Crippen LogP contribution in [0.4, 0.5) is 0 Å². The van der Waals surface area contributed by atoms with Crippen molar-refractivity contribution in [3.05, 3.63) is 117 Å². The number of nitrogens with two attached hydrogens (primary N) is 1. The maximum atomic E-state index is 13.4. The topological polar surface area (TPSA) is 111 Å². The van der Waals surface area contributed by atoms with Crippen molar-refractivity contribution in [2.24, 2.45) is 5.73 Å². The number of hydrogen-bond acceptors (Lipinski definition) is 7. The number of nitriles is 1. The summed E-state index contributed by atoms with van der Waals surface area (Å²) in [4.78, 5) is 18.2. The van der Waals surface area contributed by atoms with Crippen molar-refractivity contribution in [3.63, 3.8) is 0 Å². The first-order valence-electron chi connectivity index (χ1n) is 11.5. The number of aromatic nitrogens is 1. The van der Waals surface area contributed by atoms with E-state index in [2.05, 4.69) is 6.07 Å². The first kappa shape index (κ1) is 22.7. The molecule has 5 aromatic rings. The number of fused-ring (bicyclic) bond motifs is 4. The lowest BCUT2D eigenvalue weighted by molar-refractivity contribution is 0.379. The van der Waals surface area contributed by atoms with Crippen LogP contribution in [-0.4, -0.2) is 4.98 Å². The molecule has 0 radical (unpaired) electrons. The molecule has 0 aliphatic carbocycles. The molecule has 0 fully saturated rings. The number of allylic oxidation sites excluding steroid dienone is 1. The lowest BCUT2D eigenvalue weighted by Crippen LogP contribution is -2.27. The molecule has 3 aromatic carbocycles. The minimum Gasteiger partial charge on any atom is -0.440 e. The summed E-state index contributed by atoms with van der Waals surface area (Å²) in [5.41, 5.74) is 8.07. The third-order valence-electron chi connectivity index (χ3n) is 6.29. The second kappa shape index (κ2) is 9.01. The van der Waals surface area contributed by atoms with E-state index in [4.69, 9.17) is 36.2 Å². The Morgan fingerprint density at radius 1 is 1.05 bits per heavy atom. The summed E-state index contributed by atoms with van der Waals surface area (Å²) in [5, 5.41) is 11.6. The Kier molecular flexibility index (Phi) is 5.52. The van der Waals surface area contributed by atoms with Crippen molar-refractivity contribution in [2.45, 2.75) is 12.3 Å². The molecule has 0 saturated carbocycles. The fraction of sp³-hybridized carbons (Fsp3) is 0.0690. The van der Waals surface area contributed by atoms with Crippen molar-refractivity contribution in [1.82, 2.24) is 4.98 Å². The zero-order valence-corrected chi connectivity index (χ0v) is 20.0. The zero-order valence-electron chi connectivity index (χ0n) is 19.3. The molecule has 8 heteroatoms. The Balaban J connectivity index is 1.66. The van der Waals surface area contributed by atoms with Gasteiger partial charge >= 0.3 is 5.63 Å². The molecule has 2 N–H and O–H groups in total. The van der Waals surface area contributed by atoms with Crippen LogP contribution >= 0.6 is 11.6 Å². The minimum absolute atomic E-state index is 0.0559. The summed E-state index contributed by atoms with van der Waals surface area (Å²) < 4.78 is 17.9. The number of hydrogen-bond donors (Lipinski definition) is 1. The van der Waals surface area contributed by atoms with Crippen molar-refractivity contribution >= 4 is 33.5 Å². The second-order valence-corrected chi connectivity index (χ2v) is 8.96. The Labute approximate surface area is 215 Å². The molecule has 2 aromatic heterocycles. The van der Waals surface area contributed by atoms with Crippen molar-refractivity contribution in [3.8, 4) is 23.4 Å². The van der Waals surface area contributed by atoms with Crippen LogP contribution in [0.3, 0.4) is 0 Å². The zero-order chi connectivity index (χ0) is 25.5. The average molecular weight is 508 g/mol. The van der Waals surface area contributed by atoms with Gasteiger partial charge in [-0.3, -0.25) is 0 Å². The number of para-hydroxylation sites is 2. The molecule has 1 unspecified atom stereocenters. The number of halogens is 1. The Hall–Kier alpha value is -4.80. The van der Waals surface area contributed by atoms with Crippen LogP contribution in [0.25, 0.3) is 21.9 Å². The normalized spacial score (nSPS) is 14.8. The van der Waals surface area contributed by atoms with Gasteiger partial charge in [0, 0.05) is 21.5 Å². The third kappa shape index (κ3) is 3.94. The molecule has 0 saturated heterocycles. The summed E-state index contributed by atoms with van der Waals surface area (Å²) in [6.45, 7) is 0. The van der Waals surface area contributed by atoms with Gasteiger partial charge in [0.25, 0.3) is 0 Å². The highest BCUT2D eigenvalue weighted by molar-refractivity contribution is 6.30. The summed E-state index contributed by atoms with van der Waals surface area (Å²) in [5.74, 6) is 0.324. The fourth-order valence-electron chi connectivity index (χ4n) is 4.62. The highest BCUT2D eigenvalue weighted by atomic mass is 35.5. The van der Waals surface area contributed by atoms with E-state index in [1.165, 1.54) is 0 Å². The van der Waals surface area contributed by atoms with Gasteiger partial charge in [-0.25, -0.2) is 9.78 Å². The molecule has 1 atom stereocenters. The summed E-state index contributed by atoms with van der Waals surface area (Å²) in [6, 6.07) is 25.5. The highest BCUT2D eigenvalue weighted by Crippen LogP contribution is 2.47. The van der Waals surface area contributed by atoms with Crippen LogP contribution < -0.4 is 20.8 Å².